The van der Waals surface area contributed by atoms with Gasteiger partial charge in [-0.25, -0.2) is 13.2 Å². The molecule has 1 aliphatic rings. The van der Waals surface area contributed by atoms with Crippen LogP contribution in [0.1, 0.15) is 12.5 Å². The van der Waals surface area contributed by atoms with E-state index in [1.165, 1.54) is 24.1 Å². The molecule has 2 N–H and O–H groups in total. The SMILES string of the molecule is CCOc1ccc(NC(=O)N2CCN(S(=O)(=O)c3ccc(OC)cc3)C(C(=O)NCc3cccc(OC)c3)C2)cc1. The Morgan fingerprint density at radius 2 is 1.59 bits per heavy atom. The zero-order valence-corrected chi connectivity index (χ0v) is 24.0. The van der Waals surface area contributed by atoms with Crippen molar-refractivity contribution in [2.45, 2.75) is 24.4 Å². The molecular weight excluding hydrogens is 548 g/mol. The fraction of sp³-hybridized carbons (Fsp3) is 0.310. The summed E-state index contributed by atoms with van der Waals surface area (Å²) >= 11 is 0. The Kier molecular flexibility index (Phi) is 9.69. The van der Waals surface area contributed by atoms with E-state index in [1.807, 2.05) is 13.0 Å². The van der Waals surface area contributed by atoms with Crippen LogP contribution in [0.25, 0.3) is 0 Å². The third-order valence-corrected chi connectivity index (χ3v) is 8.53. The molecule has 3 aromatic rings. The molecule has 0 spiro atoms. The molecule has 1 atom stereocenters. The molecule has 41 heavy (non-hydrogen) atoms. The van der Waals surface area contributed by atoms with Crippen molar-refractivity contribution in [1.29, 1.82) is 0 Å². The van der Waals surface area contributed by atoms with Crippen molar-refractivity contribution in [3.8, 4) is 17.2 Å². The lowest BCUT2D eigenvalue weighted by Gasteiger charge is -2.39. The molecule has 1 unspecified atom stereocenters. The molecule has 0 aromatic heterocycles. The van der Waals surface area contributed by atoms with Crippen molar-refractivity contribution in [1.82, 2.24) is 14.5 Å². The second-order valence-corrected chi connectivity index (χ2v) is 11.1. The molecule has 0 aliphatic carbocycles. The Morgan fingerprint density at radius 1 is 0.902 bits per heavy atom. The average Bonchev–Trinajstić information content (AvgIpc) is 3.00. The van der Waals surface area contributed by atoms with Crippen LogP contribution >= 0.6 is 0 Å². The zero-order valence-electron chi connectivity index (χ0n) is 23.2. The van der Waals surface area contributed by atoms with Gasteiger partial charge >= 0.3 is 6.03 Å². The highest BCUT2D eigenvalue weighted by molar-refractivity contribution is 7.89. The lowest BCUT2D eigenvalue weighted by molar-refractivity contribution is -0.126. The first-order chi connectivity index (χ1) is 19.7. The number of amides is 3. The van der Waals surface area contributed by atoms with E-state index in [4.69, 9.17) is 14.2 Å². The second kappa shape index (κ2) is 13.4. The average molecular weight is 583 g/mol. The largest absolute Gasteiger partial charge is 0.497 e. The minimum absolute atomic E-state index is 0.0242. The van der Waals surface area contributed by atoms with Gasteiger partial charge in [-0.2, -0.15) is 4.31 Å². The van der Waals surface area contributed by atoms with Gasteiger partial charge in [0.05, 0.1) is 25.7 Å². The van der Waals surface area contributed by atoms with E-state index in [2.05, 4.69) is 10.6 Å². The van der Waals surface area contributed by atoms with Crippen molar-refractivity contribution >= 4 is 27.6 Å². The van der Waals surface area contributed by atoms with Crippen LogP contribution in [0, 0.1) is 0 Å². The lowest BCUT2D eigenvalue weighted by atomic mass is 10.1. The third-order valence-electron chi connectivity index (χ3n) is 6.60. The number of benzene rings is 3. The van der Waals surface area contributed by atoms with Gasteiger partial charge in [0.25, 0.3) is 0 Å². The maximum atomic E-state index is 13.7. The number of rotatable bonds is 10. The summed E-state index contributed by atoms with van der Waals surface area (Å²) in [5.41, 5.74) is 1.33. The topological polar surface area (TPSA) is 127 Å². The zero-order chi connectivity index (χ0) is 29.4. The molecule has 3 aromatic carbocycles. The van der Waals surface area contributed by atoms with Crippen LogP contribution in [0.15, 0.2) is 77.7 Å². The molecular formula is C29H34N4O7S. The Labute approximate surface area is 240 Å². The van der Waals surface area contributed by atoms with Crippen LogP contribution < -0.4 is 24.8 Å². The normalized spacial score (nSPS) is 15.6. The number of nitrogens with one attached hydrogen (secondary N) is 2. The first-order valence-corrected chi connectivity index (χ1v) is 14.5. The van der Waals surface area contributed by atoms with Gasteiger partial charge in [0.15, 0.2) is 0 Å². The van der Waals surface area contributed by atoms with Crippen LogP contribution in [0.3, 0.4) is 0 Å². The minimum Gasteiger partial charge on any atom is -0.497 e. The number of sulfonamides is 1. The number of hydrogen-bond donors (Lipinski definition) is 2. The quantitative estimate of drug-likeness (QED) is 0.376. The summed E-state index contributed by atoms with van der Waals surface area (Å²) in [7, 11) is -1.03. The molecule has 0 saturated carbocycles. The van der Waals surface area contributed by atoms with Gasteiger partial charge in [0.1, 0.15) is 23.3 Å². The smallest absolute Gasteiger partial charge is 0.321 e. The molecule has 1 fully saturated rings. The Hall–Kier alpha value is -4.29. The van der Waals surface area contributed by atoms with Crippen LogP contribution in [0.2, 0.25) is 0 Å². The van der Waals surface area contributed by atoms with Crippen molar-refractivity contribution in [2.75, 3.05) is 45.8 Å². The highest BCUT2D eigenvalue weighted by Gasteiger charge is 2.41. The molecule has 1 heterocycles. The van der Waals surface area contributed by atoms with E-state index in [1.54, 1.807) is 61.7 Å². The summed E-state index contributed by atoms with van der Waals surface area (Å²) in [6, 6.07) is 18.5. The first-order valence-electron chi connectivity index (χ1n) is 13.1. The molecule has 0 radical (unpaired) electrons. The van der Waals surface area contributed by atoms with Gasteiger partial charge in [0.2, 0.25) is 15.9 Å². The molecule has 218 valence electrons. The summed E-state index contributed by atoms with van der Waals surface area (Å²) in [6.07, 6.45) is 0. The predicted molar refractivity (Wildman–Crippen MR) is 154 cm³/mol. The third kappa shape index (κ3) is 7.27. The second-order valence-electron chi connectivity index (χ2n) is 9.21. The number of nitrogens with zero attached hydrogens (tertiary/aromatic N) is 2. The van der Waals surface area contributed by atoms with Crippen molar-refractivity contribution < 1.29 is 32.2 Å². The predicted octanol–water partition coefficient (Wildman–Crippen LogP) is 3.33. The number of ether oxygens (including phenoxy) is 3. The standard InChI is InChI=1S/C29H34N4O7S/c1-4-40-24-10-8-22(9-11-24)31-29(35)32-16-17-33(41(36,37)26-14-12-23(38-2)13-15-26)27(20-32)28(34)30-19-21-6-5-7-25(18-21)39-3/h5-15,18,27H,4,16-17,19-20H2,1-3H3,(H,30,34)(H,31,35). The number of anilines is 1. The van der Waals surface area contributed by atoms with Gasteiger partial charge in [-0.3, -0.25) is 4.79 Å². The number of carbonyl (C=O) groups excluding carboxylic acids is 2. The summed E-state index contributed by atoms with van der Waals surface area (Å²) in [5, 5.41) is 5.64. The Morgan fingerprint density at radius 3 is 2.24 bits per heavy atom. The Balaban J connectivity index is 1.54. The Bertz CT molecular complexity index is 1450. The van der Waals surface area contributed by atoms with Crippen LogP contribution in [0.5, 0.6) is 17.2 Å². The van der Waals surface area contributed by atoms with E-state index in [-0.39, 0.29) is 31.1 Å². The molecule has 11 nitrogen and oxygen atoms in total. The van der Waals surface area contributed by atoms with E-state index in [0.29, 0.717) is 29.5 Å². The van der Waals surface area contributed by atoms with Crippen LogP contribution in [-0.2, 0) is 21.4 Å². The van der Waals surface area contributed by atoms with Crippen LogP contribution in [-0.4, -0.2) is 76.1 Å². The lowest BCUT2D eigenvalue weighted by Crippen LogP contribution is -2.61. The van der Waals surface area contributed by atoms with Gasteiger partial charge in [0, 0.05) is 31.9 Å². The van der Waals surface area contributed by atoms with E-state index in [9.17, 15) is 18.0 Å². The summed E-state index contributed by atoms with van der Waals surface area (Å²) < 4.78 is 44.3. The number of methoxy groups -OCH3 is 2. The summed E-state index contributed by atoms with van der Waals surface area (Å²) in [5.74, 6) is 1.29. The van der Waals surface area contributed by atoms with Gasteiger partial charge < -0.3 is 29.7 Å². The molecule has 1 aliphatic heterocycles. The number of urea groups is 1. The van der Waals surface area contributed by atoms with Crippen molar-refractivity contribution in [3.05, 3.63) is 78.4 Å². The number of carbonyl (C=O) groups is 2. The highest BCUT2D eigenvalue weighted by atomic mass is 32.2. The minimum atomic E-state index is -4.07. The molecule has 4 rings (SSSR count). The number of hydrogen-bond acceptors (Lipinski definition) is 7. The highest BCUT2D eigenvalue weighted by Crippen LogP contribution is 2.25. The monoisotopic (exact) mass is 582 g/mol. The fourth-order valence-corrected chi connectivity index (χ4v) is 6.00. The molecule has 0 bridgehead atoms. The fourth-order valence-electron chi connectivity index (χ4n) is 4.43. The summed E-state index contributed by atoms with van der Waals surface area (Å²) in [6.45, 7) is 2.45. The van der Waals surface area contributed by atoms with Gasteiger partial charge in [-0.15, -0.1) is 0 Å². The molecule has 1 saturated heterocycles. The maximum absolute atomic E-state index is 13.7. The van der Waals surface area contributed by atoms with Gasteiger partial charge in [-0.05, 0) is 73.2 Å². The maximum Gasteiger partial charge on any atom is 0.321 e. The van der Waals surface area contributed by atoms with Gasteiger partial charge in [-0.1, -0.05) is 12.1 Å². The molecule has 3 amide bonds. The molecule has 12 heteroatoms. The summed E-state index contributed by atoms with van der Waals surface area (Å²) in [4.78, 5) is 28.1. The van der Waals surface area contributed by atoms with Crippen LogP contribution in [0.4, 0.5) is 10.5 Å². The van der Waals surface area contributed by atoms with Crippen molar-refractivity contribution in [3.63, 3.8) is 0 Å². The number of piperazine rings is 1. The van der Waals surface area contributed by atoms with E-state index < -0.39 is 28.0 Å². The van der Waals surface area contributed by atoms with E-state index >= 15 is 0 Å². The first kappa shape index (κ1) is 29.7. The van der Waals surface area contributed by atoms with Crippen molar-refractivity contribution in [2.24, 2.45) is 0 Å². The van der Waals surface area contributed by atoms with E-state index in [0.717, 1.165) is 9.87 Å².